The van der Waals surface area contributed by atoms with E-state index in [1.807, 2.05) is 31.0 Å². The first-order valence-electron chi connectivity index (χ1n) is 5.82. The van der Waals surface area contributed by atoms with Crippen molar-refractivity contribution in [3.8, 4) is 0 Å². The van der Waals surface area contributed by atoms with E-state index in [0.29, 0.717) is 5.69 Å². The van der Waals surface area contributed by atoms with Crippen molar-refractivity contribution in [3.63, 3.8) is 0 Å². The fourth-order valence-corrected chi connectivity index (χ4v) is 1.63. The monoisotopic (exact) mass is 224 g/mol. The third kappa shape index (κ3) is 3.20. The molecule has 2 nitrogen and oxygen atoms in total. The fourth-order valence-electron chi connectivity index (χ4n) is 1.63. The maximum atomic E-state index is 13.8. The van der Waals surface area contributed by atoms with Gasteiger partial charge in [-0.3, -0.25) is 0 Å². The molecule has 90 valence electrons. The zero-order valence-electron chi connectivity index (χ0n) is 10.3. The lowest BCUT2D eigenvalue weighted by Gasteiger charge is -2.20. The number of nitrogens with zero attached hydrogens (tertiary/aromatic N) is 1. The highest BCUT2D eigenvalue weighted by atomic mass is 19.1. The molecule has 0 spiro atoms. The van der Waals surface area contributed by atoms with Crippen LogP contribution in [0.25, 0.3) is 0 Å². The Balaban J connectivity index is 2.81. The third-order valence-corrected chi connectivity index (χ3v) is 2.76. The summed E-state index contributed by atoms with van der Waals surface area (Å²) >= 11 is 0. The maximum Gasteiger partial charge on any atom is 0.146 e. The average Bonchev–Trinajstić information content (AvgIpc) is 2.25. The molecule has 0 amide bonds. The molecule has 0 aliphatic rings. The van der Waals surface area contributed by atoms with Gasteiger partial charge in [0.05, 0.1) is 5.69 Å². The van der Waals surface area contributed by atoms with Crippen LogP contribution in [0.4, 0.5) is 10.1 Å². The van der Waals surface area contributed by atoms with Gasteiger partial charge in [-0.1, -0.05) is 19.4 Å². The van der Waals surface area contributed by atoms with Gasteiger partial charge in [-0.2, -0.15) is 0 Å². The first-order chi connectivity index (χ1) is 7.56. The van der Waals surface area contributed by atoms with Crippen LogP contribution >= 0.6 is 0 Å². The summed E-state index contributed by atoms with van der Waals surface area (Å²) < 4.78 is 13.8. The van der Waals surface area contributed by atoms with Crippen molar-refractivity contribution in [2.24, 2.45) is 5.73 Å². The largest absolute Gasteiger partial charge is 0.372 e. The van der Waals surface area contributed by atoms with E-state index in [4.69, 9.17) is 5.73 Å². The summed E-state index contributed by atoms with van der Waals surface area (Å²) in [6, 6.07) is 5.11. The second kappa shape index (κ2) is 5.85. The molecule has 1 aromatic carbocycles. The highest BCUT2D eigenvalue weighted by Crippen LogP contribution is 2.22. The molecule has 2 N–H and O–H groups in total. The lowest BCUT2D eigenvalue weighted by atomic mass is 10.1. The highest BCUT2D eigenvalue weighted by molar-refractivity contribution is 5.48. The van der Waals surface area contributed by atoms with Crippen molar-refractivity contribution < 1.29 is 4.39 Å². The van der Waals surface area contributed by atoms with Gasteiger partial charge in [0.25, 0.3) is 0 Å². The van der Waals surface area contributed by atoms with Crippen LogP contribution in [0.5, 0.6) is 0 Å². The SMILES string of the molecule is CCCCN(C)c1ccc(C(C)N)cc1F. The Morgan fingerprint density at radius 2 is 2.12 bits per heavy atom. The first-order valence-corrected chi connectivity index (χ1v) is 5.82. The van der Waals surface area contributed by atoms with E-state index >= 15 is 0 Å². The van der Waals surface area contributed by atoms with Crippen molar-refractivity contribution in [2.45, 2.75) is 32.7 Å². The molecule has 0 saturated carbocycles. The predicted molar refractivity (Wildman–Crippen MR) is 67.2 cm³/mol. The van der Waals surface area contributed by atoms with Crippen LogP contribution in [-0.2, 0) is 0 Å². The van der Waals surface area contributed by atoms with Gasteiger partial charge in [-0.15, -0.1) is 0 Å². The second-order valence-corrected chi connectivity index (χ2v) is 4.27. The smallest absolute Gasteiger partial charge is 0.146 e. The summed E-state index contributed by atoms with van der Waals surface area (Å²) in [7, 11) is 1.92. The molecule has 0 radical (unpaired) electrons. The molecule has 1 unspecified atom stereocenters. The van der Waals surface area contributed by atoms with Gasteiger partial charge in [0, 0.05) is 19.6 Å². The standard InChI is InChI=1S/C13H21FN2/c1-4-5-8-16(3)13-7-6-11(10(2)15)9-12(13)14/h6-7,9-10H,4-5,8,15H2,1-3H3. The maximum absolute atomic E-state index is 13.8. The van der Waals surface area contributed by atoms with Gasteiger partial charge in [0.2, 0.25) is 0 Å². The van der Waals surface area contributed by atoms with E-state index in [0.717, 1.165) is 24.9 Å². The molecular weight excluding hydrogens is 203 g/mol. The van der Waals surface area contributed by atoms with Gasteiger partial charge in [0.15, 0.2) is 0 Å². The Kier molecular flexibility index (Phi) is 4.74. The fraction of sp³-hybridized carbons (Fsp3) is 0.538. The number of hydrogen-bond acceptors (Lipinski definition) is 2. The molecule has 0 heterocycles. The highest BCUT2D eigenvalue weighted by Gasteiger charge is 2.09. The van der Waals surface area contributed by atoms with Gasteiger partial charge in [0.1, 0.15) is 5.82 Å². The zero-order valence-corrected chi connectivity index (χ0v) is 10.3. The Bertz CT molecular complexity index is 337. The average molecular weight is 224 g/mol. The number of benzene rings is 1. The van der Waals surface area contributed by atoms with Crippen molar-refractivity contribution >= 4 is 5.69 Å². The van der Waals surface area contributed by atoms with E-state index in [9.17, 15) is 4.39 Å². The van der Waals surface area contributed by atoms with Gasteiger partial charge >= 0.3 is 0 Å². The van der Waals surface area contributed by atoms with E-state index < -0.39 is 0 Å². The minimum absolute atomic E-state index is 0.121. The van der Waals surface area contributed by atoms with E-state index in [1.165, 1.54) is 6.07 Å². The van der Waals surface area contributed by atoms with Gasteiger partial charge in [-0.25, -0.2) is 4.39 Å². The molecule has 0 aliphatic carbocycles. The Labute approximate surface area is 97.3 Å². The van der Waals surface area contributed by atoms with Crippen molar-refractivity contribution in [1.29, 1.82) is 0 Å². The molecule has 1 rings (SSSR count). The topological polar surface area (TPSA) is 29.3 Å². The van der Waals surface area contributed by atoms with Crippen LogP contribution in [0.1, 0.15) is 38.3 Å². The molecule has 0 saturated heterocycles. The van der Waals surface area contributed by atoms with Crippen LogP contribution in [0, 0.1) is 5.82 Å². The third-order valence-electron chi connectivity index (χ3n) is 2.76. The quantitative estimate of drug-likeness (QED) is 0.832. The Morgan fingerprint density at radius 1 is 1.44 bits per heavy atom. The molecule has 16 heavy (non-hydrogen) atoms. The molecule has 0 bridgehead atoms. The minimum atomic E-state index is -0.187. The number of rotatable bonds is 5. The lowest BCUT2D eigenvalue weighted by Crippen LogP contribution is -2.19. The minimum Gasteiger partial charge on any atom is -0.372 e. The summed E-state index contributed by atoms with van der Waals surface area (Å²) in [5, 5.41) is 0. The van der Waals surface area contributed by atoms with Crippen molar-refractivity contribution in [1.82, 2.24) is 0 Å². The summed E-state index contributed by atoms with van der Waals surface area (Å²) in [5.74, 6) is -0.187. The van der Waals surface area contributed by atoms with Crippen LogP contribution in [-0.4, -0.2) is 13.6 Å². The molecule has 1 atom stereocenters. The number of halogens is 1. The summed E-state index contributed by atoms with van der Waals surface area (Å²) in [6.07, 6.45) is 2.19. The molecular formula is C13H21FN2. The van der Waals surface area contributed by atoms with E-state index in [-0.39, 0.29) is 11.9 Å². The van der Waals surface area contributed by atoms with Crippen LogP contribution in [0.2, 0.25) is 0 Å². The summed E-state index contributed by atoms with van der Waals surface area (Å²) in [4.78, 5) is 1.95. The second-order valence-electron chi connectivity index (χ2n) is 4.27. The summed E-state index contributed by atoms with van der Waals surface area (Å²) in [6.45, 7) is 4.86. The van der Waals surface area contributed by atoms with Crippen LogP contribution in [0.15, 0.2) is 18.2 Å². The molecule has 3 heteroatoms. The molecule has 0 fully saturated rings. The van der Waals surface area contributed by atoms with Crippen molar-refractivity contribution in [3.05, 3.63) is 29.6 Å². The van der Waals surface area contributed by atoms with Crippen molar-refractivity contribution in [2.75, 3.05) is 18.5 Å². The van der Waals surface area contributed by atoms with Gasteiger partial charge < -0.3 is 10.6 Å². The first kappa shape index (κ1) is 13.0. The number of anilines is 1. The molecule has 1 aromatic rings. The zero-order chi connectivity index (χ0) is 12.1. The predicted octanol–water partition coefficient (Wildman–Crippen LogP) is 3.08. The molecule has 0 aliphatic heterocycles. The summed E-state index contributed by atoms with van der Waals surface area (Å²) in [5.41, 5.74) is 7.20. The number of hydrogen-bond donors (Lipinski definition) is 1. The van der Waals surface area contributed by atoms with Gasteiger partial charge in [-0.05, 0) is 31.0 Å². The Hall–Kier alpha value is -1.09. The Morgan fingerprint density at radius 3 is 2.62 bits per heavy atom. The van der Waals surface area contributed by atoms with E-state index in [2.05, 4.69) is 6.92 Å². The number of nitrogens with two attached hydrogens (primary N) is 1. The van der Waals surface area contributed by atoms with E-state index in [1.54, 1.807) is 0 Å². The lowest BCUT2D eigenvalue weighted by molar-refractivity contribution is 0.614. The van der Waals surface area contributed by atoms with Crippen LogP contribution < -0.4 is 10.6 Å². The number of unbranched alkanes of at least 4 members (excludes halogenated alkanes) is 1. The normalized spacial score (nSPS) is 12.6. The molecule has 0 aromatic heterocycles. The van der Waals surface area contributed by atoms with Crippen LogP contribution in [0.3, 0.4) is 0 Å².